The van der Waals surface area contributed by atoms with Crippen LogP contribution >= 0.6 is 0 Å². The van der Waals surface area contributed by atoms with Gasteiger partial charge in [-0.25, -0.2) is 4.98 Å². The number of hydrogen-bond acceptors (Lipinski definition) is 3. The lowest BCUT2D eigenvalue weighted by Crippen LogP contribution is -2.12. The van der Waals surface area contributed by atoms with Crippen LogP contribution in [0.3, 0.4) is 0 Å². The number of hydrogen-bond donors (Lipinski definition) is 2. The van der Waals surface area contributed by atoms with E-state index < -0.39 is 0 Å². The average Bonchev–Trinajstić information content (AvgIpc) is 2.17. The fourth-order valence-electron chi connectivity index (χ4n) is 1.50. The molecule has 0 atom stereocenters. The van der Waals surface area contributed by atoms with Crippen LogP contribution < -0.4 is 5.56 Å². The summed E-state index contributed by atoms with van der Waals surface area (Å²) < 4.78 is 0. The zero-order chi connectivity index (χ0) is 11.0. The zero-order valence-corrected chi connectivity index (χ0v) is 8.24. The Morgan fingerprint density at radius 2 is 2.27 bits per heavy atom. The van der Waals surface area contributed by atoms with E-state index >= 15 is 0 Å². The number of aromatic amines is 1. The third-order valence-electron chi connectivity index (χ3n) is 2.22. The van der Waals surface area contributed by atoms with Gasteiger partial charge >= 0.3 is 0 Å². The number of benzene rings is 1. The van der Waals surface area contributed by atoms with E-state index in [4.69, 9.17) is 5.11 Å². The summed E-state index contributed by atoms with van der Waals surface area (Å²) in [6.07, 6.45) is 0. The van der Waals surface area contributed by atoms with Gasteiger partial charge < -0.3 is 10.1 Å². The molecule has 1 aromatic carbocycles. The topological polar surface area (TPSA) is 66.0 Å². The Balaban J connectivity index is 2.91. The van der Waals surface area contributed by atoms with Crippen molar-refractivity contribution in [2.45, 2.75) is 6.92 Å². The number of nitrogens with one attached hydrogen (secondary N) is 1. The van der Waals surface area contributed by atoms with Crippen LogP contribution in [0.1, 0.15) is 11.4 Å². The number of aromatic nitrogens is 2. The Morgan fingerprint density at radius 1 is 1.53 bits per heavy atom. The molecule has 0 amide bonds. The normalized spacial score (nSPS) is 10.5. The number of nitrogens with zero attached hydrogens (tertiary/aromatic N) is 1. The molecule has 76 valence electrons. The van der Waals surface area contributed by atoms with Crippen molar-refractivity contribution in [2.24, 2.45) is 0 Å². The number of fused-ring (bicyclic) bond motifs is 1. The van der Waals surface area contributed by atoms with Gasteiger partial charge in [0.1, 0.15) is 0 Å². The molecule has 2 rings (SSSR count). The van der Waals surface area contributed by atoms with Gasteiger partial charge in [0.15, 0.2) is 11.6 Å². The lowest BCUT2D eigenvalue weighted by Gasteiger charge is -2.02. The van der Waals surface area contributed by atoms with Crippen molar-refractivity contribution in [2.75, 3.05) is 0 Å². The smallest absolute Gasteiger partial charge is 0.259 e. The van der Waals surface area contributed by atoms with Gasteiger partial charge in [-0.1, -0.05) is 18.7 Å². The number of rotatable bonds is 1. The molecule has 2 N–H and O–H groups in total. The monoisotopic (exact) mass is 202 g/mol. The highest BCUT2D eigenvalue weighted by Gasteiger charge is 2.06. The van der Waals surface area contributed by atoms with E-state index in [1.807, 2.05) is 19.1 Å². The SMILES string of the molecule is C=C(O)c1nc2cccc(C)c2c(=O)[nH]1. The average molecular weight is 202 g/mol. The fraction of sp³-hybridized carbons (Fsp3) is 0.0909. The summed E-state index contributed by atoms with van der Waals surface area (Å²) >= 11 is 0. The standard InChI is InChI=1S/C11H10N2O2/c1-6-4-3-5-8-9(6)11(15)13-10(12-8)7(2)14/h3-5,14H,2H2,1H3,(H,12,13,15). The van der Waals surface area contributed by atoms with E-state index in [0.717, 1.165) is 5.56 Å². The molecule has 1 aromatic heterocycles. The van der Waals surface area contributed by atoms with Crippen molar-refractivity contribution < 1.29 is 5.11 Å². The minimum Gasteiger partial charge on any atom is -0.505 e. The molecular formula is C11H10N2O2. The van der Waals surface area contributed by atoms with Gasteiger partial charge in [0.05, 0.1) is 10.9 Å². The fourth-order valence-corrected chi connectivity index (χ4v) is 1.50. The number of aryl methyl sites for hydroxylation is 1. The van der Waals surface area contributed by atoms with Gasteiger partial charge in [-0.2, -0.15) is 0 Å². The second kappa shape index (κ2) is 3.24. The van der Waals surface area contributed by atoms with Crippen molar-refractivity contribution >= 4 is 16.7 Å². The molecular weight excluding hydrogens is 192 g/mol. The molecule has 0 spiro atoms. The first kappa shape index (κ1) is 9.45. The van der Waals surface area contributed by atoms with Crippen LogP contribution in [0.15, 0.2) is 29.6 Å². The van der Waals surface area contributed by atoms with Crippen molar-refractivity contribution in [1.82, 2.24) is 9.97 Å². The van der Waals surface area contributed by atoms with E-state index in [1.165, 1.54) is 0 Å². The molecule has 0 aliphatic rings. The predicted octanol–water partition coefficient (Wildman–Crippen LogP) is 1.76. The Kier molecular flexibility index (Phi) is 2.04. The minimum absolute atomic E-state index is 0.109. The first-order valence-corrected chi connectivity index (χ1v) is 4.47. The van der Waals surface area contributed by atoms with Crippen LogP contribution in [0.25, 0.3) is 16.7 Å². The van der Waals surface area contributed by atoms with Crippen LogP contribution in [-0.4, -0.2) is 15.1 Å². The molecule has 4 nitrogen and oxygen atoms in total. The van der Waals surface area contributed by atoms with Crippen LogP contribution in [0, 0.1) is 6.92 Å². The lowest BCUT2D eigenvalue weighted by molar-refractivity contribution is 0.507. The van der Waals surface area contributed by atoms with Gasteiger partial charge in [0.25, 0.3) is 5.56 Å². The summed E-state index contributed by atoms with van der Waals surface area (Å²) in [6.45, 7) is 5.16. The van der Waals surface area contributed by atoms with Crippen molar-refractivity contribution in [3.8, 4) is 0 Å². The number of aliphatic hydroxyl groups excluding tert-OH is 1. The minimum atomic E-state index is -0.261. The molecule has 0 radical (unpaired) electrons. The molecule has 0 unspecified atom stereocenters. The molecule has 0 bridgehead atoms. The third-order valence-corrected chi connectivity index (χ3v) is 2.22. The van der Waals surface area contributed by atoms with Crippen LogP contribution in [0.2, 0.25) is 0 Å². The van der Waals surface area contributed by atoms with E-state index in [0.29, 0.717) is 10.9 Å². The van der Waals surface area contributed by atoms with Crippen molar-refractivity contribution in [3.63, 3.8) is 0 Å². The van der Waals surface area contributed by atoms with Gasteiger partial charge in [-0.15, -0.1) is 0 Å². The highest BCUT2D eigenvalue weighted by atomic mass is 16.3. The van der Waals surface area contributed by atoms with Crippen LogP contribution in [0.4, 0.5) is 0 Å². The first-order chi connectivity index (χ1) is 7.09. The Labute approximate surface area is 85.9 Å². The summed E-state index contributed by atoms with van der Waals surface area (Å²) in [6, 6.07) is 5.38. The molecule has 15 heavy (non-hydrogen) atoms. The van der Waals surface area contributed by atoms with Crippen molar-refractivity contribution in [3.05, 3.63) is 46.5 Å². The first-order valence-electron chi connectivity index (χ1n) is 4.47. The quantitative estimate of drug-likeness (QED) is 0.692. The van der Waals surface area contributed by atoms with E-state index in [1.54, 1.807) is 6.07 Å². The highest BCUT2D eigenvalue weighted by molar-refractivity contribution is 5.81. The van der Waals surface area contributed by atoms with Gasteiger partial charge in [0, 0.05) is 0 Å². The molecule has 0 aliphatic carbocycles. The number of H-pyrrole nitrogens is 1. The number of aliphatic hydroxyl groups is 1. The molecule has 0 saturated heterocycles. The molecule has 4 heteroatoms. The Hall–Kier alpha value is -2.10. The van der Waals surface area contributed by atoms with Crippen molar-refractivity contribution in [1.29, 1.82) is 0 Å². The molecule has 0 saturated carbocycles. The molecule has 1 heterocycles. The maximum atomic E-state index is 11.7. The summed E-state index contributed by atoms with van der Waals surface area (Å²) in [7, 11) is 0. The lowest BCUT2D eigenvalue weighted by atomic mass is 10.1. The Morgan fingerprint density at radius 3 is 2.93 bits per heavy atom. The van der Waals surface area contributed by atoms with Gasteiger partial charge in [0.2, 0.25) is 0 Å². The van der Waals surface area contributed by atoms with E-state index in [2.05, 4.69) is 16.5 Å². The zero-order valence-electron chi connectivity index (χ0n) is 8.24. The summed E-state index contributed by atoms with van der Waals surface area (Å²) in [5.74, 6) is -0.131. The molecule has 0 fully saturated rings. The predicted molar refractivity (Wildman–Crippen MR) is 58.8 cm³/mol. The van der Waals surface area contributed by atoms with E-state index in [-0.39, 0.29) is 17.1 Å². The maximum Gasteiger partial charge on any atom is 0.259 e. The third kappa shape index (κ3) is 1.50. The summed E-state index contributed by atoms with van der Waals surface area (Å²) in [5.41, 5.74) is 1.16. The van der Waals surface area contributed by atoms with E-state index in [9.17, 15) is 4.79 Å². The van der Waals surface area contributed by atoms with Crippen LogP contribution in [-0.2, 0) is 0 Å². The van der Waals surface area contributed by atoms with Gasteiger partial charge in [-0.3, -0.25) is 4.79 Å². The second-order valence-electron chi connectivity index (χ2n) is 3.33. The largest absolute Gasteiger partial charge is 0.505 e. The summed E-state index contributed by atoms with van der Waals surface area (Å²) in [4.78, 5) is 18.2. The van der Waals surface area contributed by atoms with Gasteiger partial charge in [-0.05, 0) is 18.6 Å². The van der Waals surface area contributed by atoms with Crippen LogP contribution in [0.5, 0.6) is 0 Å². The second-order valence-corrected chi connectivity index (χ2v) is 3.33. The molecule has 0 aliphatic heterocycles. The highest BCUT2D eigenvalue weighted by Crippen LogP contribution is 2.12. The summed E-state index contributed by atoms with van der Waals surface area (Å²) in [5, 5.41) is 9.69. The molecule has 2 aromatic rings. The Bertz CT molecular complexity index is 599. The maximum absolute atomic E-state index is 11.7.